The van der Waals surface area contributed by atoms with E-state index in [1.807, 2.05) is 0 Å². The fourth-order valence-corrected chi connectivity index (χ4v) is 3.43. The smallest absolute Gasteiger partial charge is 0.120 e. The van der Waals surface area contributed by atoms with E-state index in [0.29, 0.717) is 11.7 Å². The average Bonchev–Trinajstić information content (AvgIpc) is 2.56. The standard InChI is InChI=1S/C19H36N2OS/c1-17(9-8-16-22)20-14-6-4-2-3-5-7-15-21-18-10-12-19(23)13-11-18/h16,18-21,23H,1-15H2. The SMILES string of the molecule is C=C(CCC=O)NCCCCCCCCNC1CCC(S)CC1. The minimum absolute atomic E-state index is 0.579. The predicted molar refractivity (Wildman–Crippen MR) is 103 cm³/mol. The maximum Gasteiger partial charge on any atom is 0.120 e. The Labute approximate surface area is 148 Å². The number of aldehydes is 1. The Kier molecular flexibility index (Phi) is 12.4. The summed E-state index contributed by atoms with van der Waals surface area (Å²) in [7, 11) is 0. The number of allylic oxidation sites excluding steroid dienone is 1. The lowest BCUT2D eigenvalue weighted by molar-refractivity contribution is -0.107. The van der Waals surface area contributed by atoms with Gasteiger partial charge in [-0.3, -0.25) is 0 Å². The van der Waals surface area contributed by atoms with Crippen LogP contribution >= 0.6 is 12.6 Å². The normalized spacial score (nSPS) is 21.1. The van der Waals surface area contributed by atoms with Gasteiger partial charge < -0.3 is 15.4 Å². The van der Waals surface area contributed by atoms with Crippen molar-refractivity contribution in [1.29, 1.82) is 0 Å². The van der Waals surface area contributed by atoms with Crippen LogP contribution in [-0.2, 0) is 4.79 Å². The summed E-state index contributed by atoms with van der Waals surface area (Å²) in [6.07, 6.45) is 15.3. The van der Waals surface area contributed by atoms with Crippen molar-refractivity contribution in [2.75, 3.05) is 13.1 Å². The molecule has 0 spiro atoms. The molecule has 0 radical (unpaired) electrons. The van der Waals surface area contributed by atoms with Crippen molar-refractivity contribution >= 4 is 18.9 Å². The largest absolute Gasteiger partial charge is 0.389 e. The fourth-order valence-electron chi connectivity index (χ4n) is 3.13. The van der Waals surface area contributed by atoms with Gasteiger partial charge in [-0.05, 0) is 51.5 Å². The van der Waals surface area contributed by atoms with E-state index in [4.69, 9.17) is 0 Å². The van der Waals surface area contributed by atoms with E-state index in [-0.39, 0.29) is 0 Å². The Morgan fingerprint density at radius 3 is 2.26 bits per heavy atom. The third-order valence-electron chi connectivity index (χ3n) is 4.67. The lowest BCUT2D eigenvalue weighted by Crippen LogP contribution is -2.34. The molecule has 1 aliphatic carbocycles. The van der Waals surface area contributed by atoms with Crippen LogP contribution in [-0.4, -0.2) is 30.7 Å². The predicted octanol–water partition coefficient (Wildman–Crippen LogP) is 4.24. The second-order valence-electron chi connectivity index (χ2n) is 6.82. The zero-order valence-electron chi connectivity index (χ0n) is 14.7. The number of hydrogen-bond donors (Lipinski definition) is 3. The summed E-state index contributed by atoms with van der Waals surface area (Å²) in [4.78, 5) is 10.3. The second kappa shape index (κ2) is 13.9. The number of nitrogens with one attached hydrogen (secondary N) is 2. The van der Waals surface area contributed by atoms with Gasteiger partial charge in [-0.1, -0.05) is 32.3 Å². The number of unbranched alkanes of at least 4 members (excludes halogenated alkanes) is 5. The highest BCUT2D eigenvalue weighted by Gasteiger charge is 2.17. The molecule has 0 aliphatic heterocycles. The van der Waals surface area contributed by atoms with Gasteiger partial charge in [0, 0.05) is 30.0 Å². The molecule has 0 aromatic heterocycles. The third-order valence-corrected chi connectivity index (χ3v) is 5.19. The number of carbonyl (C=O) groups excluding carboxylic acids is 1. The van der Waals surface area contributed by atoms with Gasteiger partial charge in [0.05, 0.1) is 0 Å². The van der Waals surface area contributed by atoms with Crippen molar-refractivity contribution in [1.82, 2.24) is 10.6 Å². The topological polar surface area (TPSA) is 41.1 Å². The monoisotopic (exact) mass is 340 g/mol. The Hall–Kier alpha value is -0.480. The molecule has 0 bridgehead atoms. The van der Waals surface area contributed by atoms with E-state index in [2.05, 4.69) is 29.8 Å². The lowest BCUT2D eigenvalue weighted by Gasteiger charge is -2.26. The molecule has 0 aromatic carbocycles. The van der Waals surface area contributed by atoms with Crippen molar-refractivity contribution in [3.63, 3.8) is 0 Å². The number of thiol groups is 1. The summed E-state index contributed by atoms with van der Waals surface area (Å²) in [6, 6.07) is 0.747. The van der Waals surface area contributed by atoms with Crippen molar-refractivity contribution in [2.24, 2.45) is 0 Å². The molecule has 0 aromatic rings. The van der Waals surface area contributed by atoms with Gasteiger partial charge in [0.25, 0.3) is 0 Å². The molecule has 1 rings (SSSR count). The fraction of sp³-hybridized carbons (Fsp3) is 0.842. The van der Waals surface area contributed by atoms with Crippen LogP contribution in [0.3, 0.4) is 0 Å². The highest BCUT2D eigenvalue weighted by molar-refractivity contribution is 7.80. The molecule has 134 valence electrons. The molecule has 2 N–H and O–H groups in total. The lowest BCUT2D eigenvalue weighted by atomic mass is 9.95. The minimum Gasteiger partial charge on any atom is -0.389 e. The maximum absolute atomic E-state index is 10.3. The van der Waals surface area contributed by atoms with Gasteiger partial charge in [0.2, 0.25) is 0 Å². The van der Waals surface area contributed by atoms with Crippen LogP contribution < -0.4 is 10.6 Å². The maximum atomic E-state index is 10.3. The van der Waals surface area contributed by atoms with E-state index >= 15 is 0 Å². The van der Waals surface area contributed by atoms with Crippen LogP contribution in [0.5, 0.6) is 0 Å². The van der Waals surface area contributed by atoms with Crippen molar-refractivity contribution in [2.45, 2.75) is 88.3 Å². The minimum atomic E-state index is 0.579. The molecule has 1 saturated carbocycles. The molecule has 3 nitrogen and oxygen atoms in total. The van der Waals surface area contributed by atoms with Gasteiger partial charge in [-0.25, -0.2) is 0 Å². The van der Waals surface area contributed by atoms with Crippen LogP contribution in [0.2, 0.25) is 0 Å². The van der Waals surface area contributed by atoms with Crippen LogP contribution in [0.15, 0.2) is 12.3 Å². The zero-order valence-corrected chi connectivity index (χ0v) is 15.6. The molecule has 0 unspecified atom stereocenters. The highest BCUT2D eigenvalue weighted by atomic mass is 32.1. The number of carbonyl (C=O) groups is 1. The molecule has 4 heteroatoms. The Bertz CT molecular complexity index is 314. The van der Waals surface area contributed by atoms with Crippen LogP contribution in [0, 0.1) is 0 Å². The summed E-state index contributed by atoms with van der Waals surface area (Å²) in [5.41, 5.74) is 0.995. The van der Waals surface area contributed by atoms with Gasteiger partial charge in [-0.2, -0.15) is 12.6 Å². The average molecular weight is 341 g/mol. The second-order valence-corrected chi connectivity index (χ2v) is 7.55. The Balaban J connectivity index is 1.78. The summed E-state index contributed by atoms with van der Waals surface area (Å²) < 4.78 is 0. The molecular weight excluding hydrogens is 304 g/mol. The number of rotatable bonds is 14. The van der Waals surface area contributed by atoms with Crippen LogP contribution in [0.1, 0.15) is 77.0 Å². The molecule has 23 heavy (non-hydrogen) atoms. The first-order chi connectivity index (χ1) is 11.2. The zero-order chi connectivity index (χ0) is 16.8. The molecule has 1 fully saturated rings. The molecule has 1 aliphatic rings. The summed E-state index contributed by atoms with van der Waals surface area (Å²) in [5, 5.41) is 7.65. The van der Waals surface area contributed by atoms with Crippen molar-refractivity contribution in [3.05, 3.63) is 12.3 Å². The highest BCUT2D eigenvalue weighted by Crippen LogP contribution is 2.22. The van der Waals surface area contributed by atoms with E-state index < -0.39 is 0 Å². The van der Waals surface area contributed by atoms with Crippen molar-refractivity contribution in [3.8, 4) is 0 Å². The first-order valence-corrected chi connectivity index (χ1v) is 10.0. The van der Waals surface area contributed by atoms with E-state index in [1.165, 1.54) is 70.8 Å². The van der Waals surface area contributed by atoms with Crippen molar-refractivity contribution < 1.29 is 4.79 Å². The Morgan fingerprint density at radius 1 is 1.00 bits per heavy atom. The first-order valence-electron chi connectivity index (χ1n) is 9.49. The summed E-state index contributed by atoms with van der Waals surface area (Å²) in [5.74, 6) is 0. The molecule has 0 heterocycles. The van der Waals surface area contributed by atoms with E-state index in [9.17, 15) is 4.79 Å². The van der Waals surface area contributed by atoms with E-state index in [0.717, 1.165) is 31.0 Å². The molecular formula is C19H36N2OS. The summed E-state index contributed by atoms with van der Waals surface area (Å²) >= 11 is 4.55. The first kappa shape index (κ1) is 20.6. The van der Waals surface area contributed by atoms with Gasteiger partial charge in [0.15, 0.2) is 0 Å². The van der Waals surface area contributed by atoms with Gasteiger partial charge in [0.1, 0.15) is 6.29 Å². The molecule has 0 saturated heterocycles. The Morgan fingerprint density at radius 2 is 1.61 bits per heavy atom. The quantitative estimate of drug-likeness (QED) is 0.252. The summed E-state index contributed by atoms with van der Waals surface area (Å²) in [6.45, 7) is 6.09. The molecule has 0 amide bonds. The third kappa shape index (κ3) is 11.7. The van der Waals surface area contributed by atoms with Gasteiger partial charge in [-0.15, -0.1) is 0 Å². The molecule has 0 atom stereocenters. The van der Waals surface area contributed by atoms with Gasteiger partial charge >= 0.3 is 0 Å². The number of hydrogen-bond acceptors (Lipinski definition) is 4. The van der Waals surface area contributed by atoms with E-state index in [1.54, 1.807) is 0 Å². The van der Waals surface area contributed by atoms with Crippen LogP contribution in [0.25, 0.3) is 0 Å². The van der Waals surface area contributed by atoms with Crippen LogP contribution in [0.4, 0.5) is 0 Å².